The van der Waals surface area contributed by atoms with Crippen LogP contribution in [0.1, 0.15) is 34.6 Å². The third-order valence-corrected chi connectivity index (χ3v) is 7.09. The van der Waals surface area contributed by atoms with E-state index in [1.807, 2.05) is 49.4 Å². The minimum Gasteiger partial charge on any atom is -0.497 e. The number of methoxy groups -OCH3 is 1. The number of ether oxygens (including phenoxy) is 2. The monoisotopic (exact) mass is 484 g/mol. The van der Waals surface area contributed by atoms with Gasteiger partial charge in [-0.1, -0.05) is 35.6 Å². The van der Waals surface area contributed by atoms with Crippen molar-refractivity contribution in [1.82, 2.24) is 4.98 Å². The van der Waals surface area contributed by atoms with Crippen molar-refractivity contribution in [3.05, 3.63) is 93.8 Å². The van der Waals surface area contributed by atoms with E-state index in [1.54, 1.807) is 36.3 Å². The normalized spacial score (nSPS) is 15.1. The number of carbonyl (C=O) groups excluding carboxylic acids is 1. The molecular weight excluding hydrogens is 464 g/mol. The summed E-state index contributed by atoms with van der Waals surface area (Å²) in [4.78, 5) is 33.7. The third-order valence-electron chi connectivity index (χ3n) is 6.07. The first-order valence-electron chi connectivity index (χ1n) is 11.2. The maximum atomic E-state index is 13.8. The van der Waals surface area contributed by atoms with Crippen LogP contribution in [0.2, 0.25) is 0 Å². The van der Waals surface area contributed by atoms with Crippen molar-refractivity contribution in [2.24, 2.45) is 0 Å². The van der Waals surface area contributed by atoms with Crippen molar-refractivity contribution in [1.29, 1.82) is 0 Å². The van der Waals surface area contributed by atoms with Crippen molar-refractivity contribution < 1.29 is 18.7 Å². The molecule has 1 amide bonds. The molecule has 2 aromatic heterocycles. The molecule has 0 fully saturated rings. The zero-order valence-electron chi connectivity index (χ0n) is 19.0. The van der Waals surface area contributed by atoms with E-state index in [9.17, 15) is 9.59 Å². The molecule has 0 bridgehead atoms. The van der Waals surface area contributed by atoms with Crippen LogP contribution in [-0.4, -0.2) is 24.6 Å². The van der Waals surface area contributed by atoms with E-state index in [2.05, 4.69) is 0 Å². The van der Waals surface area contributed by atoms with Crippen LogP contribution in [0.15, 0.2) is 75.9 Å². The number of aromatic nitrogens is 1. The Morgan fingerprint density at radius 1 is 1.03 bits per heavy atom. The van der Waals surface area contributed by atoms with Gasteiger partial charge in [0.2, 0.25) is 5.76 Å². The summed E-state index contributed by atoms with van der Waals surface area (Å²) in [5, 5.41) is 0.915. The molecule has 8 heteroatoms. The fourth-order valence-electron chi connectivity index (χ4n) is 4.47. The molecule has 0 unspecified atom stereocenters. The van der Waals surface area contributed by atoms with Crippen LogP contribution in [-0.2, 0) is 0 Å². The summed E-state index contributed by atoms with van der Waals surface area (Å²) in [6.45, 7) is 2.46. The first kappa shape index (κ1) is 21.4. The lowest BCUT2D eigenvalue weighted by atomic mass is 9.98. The number of hydrogen-bond acceptors (Lipinski definition) is 7. The molecule has 0 N–H and O–H groups in total. The molecule has 3 heterocycles. The highest BCUT2D eigenvalue weighted by molar-refractivity contribution is 7.22. The van der Waals surface area contributed by atoms with Gasteiger partial charge in [-0.15, -0.1) is 0 Å². The molecule has 35 heavy (non-hydrogen) atoms. The van der Waals surface area contributed by atoms with Crippen LogP contribution in [0.3, 0.4) is 0 Å². The minimum absolute atomic E-state index is 0.0458. The Labute approximate surface area is 204 Å². The number of fused-ring (bicyclic) bond motifs is 3. The van der Waals surface area contributed by atoms with Crippen molar-refractivity contribution in [2.45, 2.75) is 13.0 Å². The average Bonchev–Trinajstić information content (AvgIpc) is 3.43. The molecule has 7 nitrogen and oxygen atoms in total. The zero-order valence-corrected chi connectivity index (χ0v) is 19.8. The molecule has 0 saturated heterocycles. The number of nitrogens with zero attached hydrogens (tertiary/aromatic N) is 2. The number of benzene rings is 3. The number of rotatable bonds is 5. The van der Waals surface area contributed by atoms with Gasteiger partial charge in [0.15, 0.2) is 10.6 Å². The molecule has 6 rings (SSSR count). The molecule has 0 saturated carbocycles. The Balaban J connectivity index is 1.58. The fraction of sp³-hybridized carbons (Fsp3) is 0.148. The lowest BCUT2D eigenvalue weighted by molar-refractivity contribution is 0.0971. The van der Waals surface area contributed by atoms with Crippen molar-refractivity contribution in [3.8, 4) is 11.5 Å². The van der Waals surface area contributed by atoms with Gasteiger partial charge < -0.3 is 13.9 Å². The fourth-order valence-corrected chi connectivity index (χ4v) is 5.49. The highest BCUT2D eigenvalue weighted by Crippen LogP contribution is 2.44. The molecule has 1 aliphatic rings. The van der Waals surface area contributed by atoms with E-state index in [0.29, 0.717) is 39.8 Å². The predicted molar refractivity (Wildman–Crippen MR) is 135 cm³/mol. The van der Waals surface area contributed by atoms with Gasteiger partial charge in [-0.3, -0.25) is 14.5 Å². The highest BCUT2D eigenvalue weighted by Gasteiger charge is 2.45. The summed E-state index contributed by atoms with van der Waals surface area (Å²) >= 11 is 1.36. The Bertz CT molecular complexity index is 1650. The van der Waals surface area contributed by atoms with Crippen LogP contribution in [0, 0.1) is 0 Å². The largest absolute Gasteiger partial charge is 0.497 e. The van der Waals surface area contributed by atoms with Crippen molar-refractivity contribution >= 4 is 43.6 Å². The van der Waals surface area contributed by atoms with Crippen LogP contribution < -0.4 is 19.8 Å². The molecule has 0 aliphatic carbocycles. The van der Waals surface area contributed by atoms with Gasteiger partial charge in [-0.25, -0.2) is 4.98 Å². The average molecular weight is 485 g/mol. The van der Waals surface area contributed by atoms with Crippen molar-refractivity contribution in [2.75, 3.05) is 18.6 Å². The molecule has 5 aromatic rings. The van der Waals surface area contributed by atoms with E-state index < -0.39 is 11.9 Å². The SMILES string of the molecule is CCOc1ccc([C@H]2c3c(oc4ccccc4c3=O)C(=O)N2c2nc3ccc(OC)cc3s2)cc1. The van der Waals surface area contributed by atoms with E-state index in [-0.39, 0.29) is 11.2 Å². The van der Waals surface area contributed by atoms with E-state index >= 15 is 0 Å². The number of para-hydroxylation sites is 1. The first-order valence-corrected chi connectivity index (χ1v) is 12.0. The van der Waals surface area contributed by atoms with Crippen LogP contribution in [0.25, 0.3) is 21.2 Å². The van der Waals surface area contributed by atoms with Gasteiger partial charge in [0.1, 0.15) is 17.1 Å². The quantitative estimate of drug-likeness (QED) is 0.325. The predicted octanol–water partition coefficient (Wildman–Crippen LogP) is 5.56. The second-order valence-corrected chi connectivity index (χ2v) is 9.09. The van der Waals surface area contributed by atoms with E-state index in [4.69, 9.17) is 18.9 Å². The van der Waals surface area contributed by atoms with E-state index in [0.717, 1.165) is 15.8 Å². The highest BCUT2D eigenvalue weighted by atomic mass is 32.1. The molecule has 0 spiro atoms. The summed E-state index contributed by atoms with van der Waals surface area (Å²) < 4.78 is 17.8. The molecule has 1 aliphatic heterocycles. The van der Waals surface area contributed by atoms with Gasteiger partial charge in [0, 0.05) is 0 Å². The van der Waals surface area contributed by atoms with Crippen LogP contribution in [0.4, 0.5) is 5.13 Å². The number of carbonyl (C=O) groups is 1. The molecular formula is C27H20N2O5S. The topological polar surface area (TPSA) is 81.9 Å². The second-order valence-electron chi connectivity index (χ2n) is 8.08. The smallest absolute Gasteiger partial charge is 0.297 e. The second kappa shape index (κ2) is 8.25. The molecule has 1 atom stereocenters. The maximum absolute atomic E-state index is 13.8. The minimum atomic E-state index is -0.684. The van der Waals surface area contributed by atoms with Crippen LogP contribution >= 0.6 is 11.3 Å². The maximum Gasteiger partial charge on any atom is 0.297 e. The Hall–Kier alpha value is -4.17. The summed E-state index contributed by atoms with van der Waals surface area (Å²) in [5.41, 5.74) is 1.98. The van der Waals surface area contributed by atoms with Crippen LogP contribution in [0.5, 0.6) is 11.5 Å². The summed E-state index contributed by atoms with van der Waals surface area (Å²) in [6.07, 6.45) is 0. The summed E-state index contributed by atoms with van der Waals surface area (Å²) in [6, 6.07) is 19.3. The van der Waals surface area contributed by atoms with Gasteiger partial charge in [-0.05, 0) is 55.0 Å². The van der Waals surface area contributed by atoms with Gasteiger partial charge >= 0.3 is 0 Å². The molecule has 3 aromatic carbocycles. The lowest BCUT2D eigenvalue weighted by Crippen LogP contribution is -2.29. The Morgan fingerprint density at radius 2 is 1.80 bits per heavy atom. The Kier molecular flexibility index (Phi) is 5.04. The molecule has 0 radical (unpaired) electrons. The van der Waals surface area contributed by atoms with Crippen molar-refractivity contribution in [3.63, 3.8) is 0 Å². The van der Waals surface area contributed by atoms with Gasteiger partial charge in [0.05, 0.1) is 40.9 Å². The third kappa shape index (κ3) is 3.37. The summed E-state index contributed by atoms with van der Waals surface area (Å²) in [5.74, 6) is 1.07. The number of amides is 1. The standard InChI is InChI=1S/C27H20N2O5S/c1-3-33-16-10-8-15(9-11-16)23-22-24(30)18-6-4-5-7-20(18)34-25(22)26(31)29(23)27-28-19-13-12-17(32-2)14-21(19)35-27/h4-14,23H,3H2,1-2H3/t23-/m0/s1. The number of hydrogen-bond donors (Lipinski definition) is 0. The number of anilines is 1. The molecule has 174 valence electrons. The Morgan fingerprint density at radius 3 is 2.57 bits per heavy atom. The van der Waals surface area contributed by atoms with Gasteiger partial charge in [0.25, 0.3) is 5.91 Å². The zero-order chi connectivity index (χ0) is 24.1. The van der Waals surface area contributed by atoms with E-state index in [1.165, 1.54) is 11.3 Å². The first-order chi connectivity index (χ1) is 17.1. The lowest BCUT2D eigenvalue weighted by Gasteiger charge is -2.22. The number of thiazole rings is 1. The van der Waals surface area contributed by atoms with Gasteiger partial charge in [-0.2, -0.15) is 0 Å². The summed E-state index contributed by atoms with van der Waals surface area (Å²) in [7, 11) is 1.60.